The average molecular weight is 440 g/mol. The van der Waals surface area contributed by atoms with Crippen molar-refractivity contribution >= 4 is 15.5 Å². The summed E-state index contributed by atoms with van der Waals surface area (Å²) >= 11 is 0. The summed E-state index contributed by atoms with van der Waals surface area (Å²) in [5.41, 5.74) is 0.703. The van der Waals surface area contributed by atoms with Gasteiger partial charge >= 0.3 is 6.61 Å². The molecule has 3 rings (SSSR count). The van der Waals surface area contributed by atoms with Crippen LogP contribution in [0.25, 0.3) is 0 Å². The number of benzene rings is 2. The zero-order valence-electron chi connectivity index (χ0n) is 17.1. The Bertz CT molecular complexity index is 961. The number of hydrogen-bond donors (Lipinski definition) is 0. The van der Waals surface area contributed by atoms with Gasteiger partial charge in [0.1, 0.15) is 11.5 Å². The minimum absolute atomic E-state index is 0.0727. The molecule has 30 heavy (non-hydrogen) atoms. The van der Waals surface area contributed by atoms with E-state index < -0.39 is 16.4 Å². The summed E-state index contributed by atoms with van der Waals surface area (Å²) in [4.78, 5) is 4.45. The molecule has 0 amide bonds. The van der Waals surface area contributed by atoms with E-state index in [4.69, 9.17) is 4.74 Å². The van der Waals surface area contributed by atoms with E-state index in [2.05, 4.69) is 21.5 Å². The van der Waals surface area contributed by atoms with Crippen molar-refractivity contribution in [1.82, 2.24) is 4.90 Å². The summed E-state index contributed by atoms with van der Waals surface area (Å²) in [5.74, 6) is 0.388. The quantitative estimate of drug-likeness (QED) is 0.626. The summed E-state index contributed by atoms with van der Waals surface area (Å²) in [6, 6.07) is 9.81. The molecule has 6 nitrogen and oxygen atoms in total. The first-order valence-electron chi connectivity index (χ1n) is 9.80. The number of rotatable bonds is 8. The maximum Gasteiger partial charge on any atom is 0.387 e. The van der Waals surface area contributed by atoms with Crippen LogP contribution in [0.2, 0.25) is 0 Å². The Kier molecular flexibility index (Phi) is 7.14. The van der Waals surface area contributed by atoms with Gasteiger partial charge in [0.15, 0.2) is 0 Å². The largest absolute Gasteiger partial charge is 0.495 e. The number of hydrogen-bond acceptors (Lipinski definition) is 6. The predicted octanol–water partition coefficient (Wildman–Crippen LogP) is 3.66. The predicted molar refractivity (Wildman–Crippen MR) is 110 cm³/mol. The topological polar surface area (TPSA) is 59.1 Å². The molecule has 1 heterocycles. The van der Waals surface area contributed by atoms with Gasteiger partial charge in [-0.2, -0.15) is 8.78 Å². The molecule has 164 valence electrons. The Hall–Kier alpha value is -2.39. The molecule has 0 N–H and O–H groups in total. The van der Waals surface area contributed by atoms with E-state index in [1.54, 1.807) is 19.2 Å². The van der Waals surface area contributed by atoms with Crippen molar-refractivity contribution in [2.24, 2.45) is 0 Å². The van der Waals surface area contributed by atoms with E-state index in [0.29, 0.717) is 11.4 Å². The molecule has 1 saturated heterocycles. The Balaban J connectivity index is 1.90. The molecule has 2 aromatic carbocycles. The van der Waals surface area contributed by atoms with E-state index in [0.717, 1.165) is 45.2 Å². The highest BCUT2D eigenvalue weighted by atomic mass is 32.2. The summed E-state index contributed by atoms with van der Waals surface area (Å²) in [7, 11) is -2.37. The van der Waals surface area contributed by atoms with Gasteiger partial charge in [-0.25, -0.2) is 8.42 Å². The minimum Gasteiger partial charge on any atom is -0.495 e. The summed E-state index contributed by atoms with van der Waals surface area (Å²) in [5, 5.41) is 0. The van der Waals surface area contributed by atoms with Crippen LogP contribution in [0.3, 0.4) is 0 Å². The van der Waals surface area contributed by atoms with E-state index >= 15 is 0 Å². The lowest BCUT2D eigenvalue weighted by Gasteiger charge is -2.36. The highest BCUT2D eigenvalue weighted by Gasteiger charge is 2.24. The molecule has 9 heteroatoms. The van der Waals surface area contributed by atoms with Crippen LogP contribution >= 0.6 is 0 Å². The number of nitrogens with zero attached hydrogens (tertiary/aromatic N) is 2. The number of methoxy groups -OCH3 is 1. The van der Waals surface area contributed by atoms with Gasteiger partial charge in [0.2, 0.25) is 9.84 Å². The lowest BCUT2D eigenvalue weighted by Crippen LogP contribution is -2.46. The van der Waals surface area contributed by atoms with Crippen LogP contribution in [0.5, 0.6) is 11.5 Å². The number of piperazine rings is 1. The van der Waals surface area contributed by atoms with E-state index in [1.807, 2.05) is 0 Å². The number of halogens is 2. The lowest BCUT2D eigenvalue weighted by atomic mass is 9.97. The second-order valence-corrected chi connectivity index (χ2v) is 8.97. The highest BCUT2D eigenvalue weighted by molar-refractivity contribution is 7.91. The third-order valence-electron chi connectivity index (χ3n) is 5.05. The normalized spacial score (nSPS) is 15.4. The lowest BCUT2D eigenvalue weighted by molar-refractivity contribution is -0.0499. The van der Waals surface area contributed by atoms with E-state index in [-0.39, 0.29) is 15.5 Å². The number of sulfone groups is 1. The van der Waals surface area contributed by atoms with Crippen LogP contribution in [-0.2, 0) is 9.84 Å². The molecular weight excluding hydrogens is 413 g/mol. The molecule has 0 atom stereocenters. The Morgan fingerprint density at radius 3 is 2.37 bits per heavy atom. The Labute approximate surface area is 175 Å². The SMILES string of the molecule is CC[11CH2]N1CCN(c2cc(S(=O)(=O)c3cccc(OC(F)F)c3)ccc2OC)CC1. The van der Waals surface area contributed by atoms with Crippen LogP contribution in [-0.4, -0.2) is 59.8 Å². The van der Waals surface area contributed by atoms with Gasteiger partial charge in [-0.1, -0.05) is 13.0 Å². The zero-order valence-corrected chi connectivity index (χ0v) is 17.9. The molecule has 0 spiro atoms. The third kappa shape index (κ3) is 5.02. The van der Waals surface area contributed by atoms with Crippen molar-refractivity contribution in [3.63, 3.8) is 0 Å². The summed E-state index contributed by atoms with van der Waals surface area (Å²) in [6.07, 6.45) is 1.09. The van der Waals surface area contributed by atoms with Crippen LogP contribution in [0, 0.1) is 0 Å². The van der Waals surface area contributed by atoms with E-state index in [9.17, 15) is 17.2 Å². The molecule has 1 fully saturated rings. The molecule has 2 aromatic rings. The Morgan fingerprint density at radius 2 is 1.73 bits per heavy atom. The molecule has 0 unspecified atom stereocenters. The van der Waals surface area contributed by atoms with Gasteiger partial charge in [0.05, 0.1) is 22.6 Å². The summed E-state index contributed by atoms with van der Waals surface area (Å²) in [6.45, 7) is 3.46. The highest BCUT2D eigenvalue weighted by Crippen LogP contribution is 2.34. The van der Waals surface area contributed by atoms with Crippen molar-refractivity contribution in [2.75, 3.05) is 44.7 Å². The van der Waals surface area contributed by atoms with Gasteiger partial charge in [0, 0.05) is 26.2 Å². The monoisotopic (exact) mass is 439 g/mol. The van der Waals surface area contributed by atoms with Crippen LogP contribution in [0.15, 0.2) is 52.3 Å². The second kappa shape index (κ2) is 9.61. The minimum atomic E-state index is -3.92. The van der Waals surface area contributed by atoms with Gasteiger partial charge < -0.3 is 14.4 Å². The molecule has 0 saturated carbocycles. The van der Waals surface area contributed by atoms with Crippen molar-refractivity contribution in [2.45, 2.75) is 29.7 Å². The zero-order chi connectivity index (χ0) is 21.7. The summed E-state index contributed by atoms with van der Waals surface area (Å²) < 4.78 is 61.1. The smallest absolute Gasteiger partial charge is 0.387 e. The third-order valence-corrected chi connectivity index (χ3v) is 6.80. The maximum absolute atomic E-state index is 13.1. The molecule has 0 aliphatic carbocycles. The van der Waals surface area contributed by atoms with Crippen molar-refractivity contribution in [3.8, 4) is 11.5 Å². The molecule has 0 bridgehead atoms. The standard InChI is InChI=1S/C21H26F2N2O4S/c1-3-9-24-10-12-25(13-11-24)19-15-18(7-8-20(19)28-2)30(26,27)17-6-4-5-16(14-17)29-21(22)23/h4-8,14-15,21H,3,9-13H2,1-2H3/i9-1. The number of anilines is 1. The second-order valence-electron chi connectivity index (χ2n) is 7.02. The average Bonchev–Trinajstić information content (AvgIpc) is 2.74. The van der Waals surface area contributed by atoms with Gasteiger partial charge in [0.25, 0.3) is 0 Å². The van der Waals surface area contributed by atoms with Crippen molar-refractivity contribution in [1.29, 1.82) is 0 Å². The molecule has 0 aromatic heterocycles. The van der Waals surface area contributed by atoms with Gasteiger partial charge in [-0.3, -0.25) is 4.90 Å². The molecule has 0 radical (unpaired) electrons. The van der Waals surface area contributed by atoms with Crippen LogP contribution in [0.4, 0.5) is 14.5 Å². The first kappa shape index (κ1) is 22.3. The fourth-order valence-electron chi connectivity index (χ4n) is 3.57. The first-order valence-corrected chi connectivity index (χ1v) is 11.3. The fourth-order valence-corrected chi connectivity index (χ4v) is 4.88. The van der Waals surface area contributed by atoms with Crippen molar-refractivity contribution in [3.05, 3.63) is 42.5 Å². The van der Waals surface area contributed by atoms with Crippen molar-refractivity contribution < 1.29 is 26.7 Å². The van der Waals surface area contributed by atoms with Crippen LogP contribution in [0.1, 0.15) is 13.3 Å². The number of alkyl halides is 2. The van der Waals surface area contributed by atoms with Gasteiger partial charge in [-0.15, -0.1) is 0 Å². The van der Waals surface area contributed by atoms with E-state index in [1.165, 1.54) is 24.3 Å². The Morgan fingerprint density at radius 1 is 1.03 bits per heavy atom. The molecule has 1 aliphatic rings. The number of ether oxygens (including phenoxy) is 2. The molecule has 1 aliphatic heterocycles. The molecular formula is C21H26F2N2O4S. The maximum atomic E-state index is 13.1. The fraction of sp³-hybridized carbons (Fsp3) is 0.429. The van der Waals surface area contributed by atoms with Gasteiger partial charge in [-0.05, 0) is 49.4 Å². The van der Waals surface area contributed by atoms with Crippen LogP contribution < -0.4 is 14.4 Å². The first-order chi connectivity index (χ1) is 14.3.